The lowest BCUT2D eigenvalue weighted by Crippen LogP contribution is -2.49. The van der Waals surface area contributed by atoms with Crippen LogP contribution in [0.5, 0.6) is 5.75 Å². The van der Waals surface area contributed by atoms with Crippen LogP contribution in [0.2, 0.25) is 0 Å². The van der Waals surface area contributed by atoms with Crippen LogP contribution in [0.25, 0.3) is 0 Å². The van der Waals surface area contributed by atoms with E-state index >= 15 is 0 Å². The number of benzene rings is 1. The largest absolute Gasteiger partial charge is 0.496 e. The third-order valence-corrected chi connectivity index (χ3v) is 7.07. The molecule has 0 radical (unpaired) electrons. The molecule has 2 saturated heterocycles. The van der Waals surface area contributed by atoms with Crippen molar-refractivity contribution >= 4 is 29.1 Å². The highest BCUT2D eigenvalue weighted by Gasteiger charge is 2.37. The van der Waals surface area contributed by atoms with E-state index < -0.39 is 0 Å². The number of nitrogens with zero attached hydrogens (tertiary/aromatic N) is 3. The van der Waals surface area contributed by atoms with Crippen molar-refractivity contribution in [2.45, 2.75) is 31.7 Å². The number of para-hydroxylation sites is 1. The van der Waals surface area contributed by atoms with Gasteiger partial charge < -0.3 is 19.4 Å². The van der Waals surface area contributed by atoms with E-state index in [0.29, 0.717) is 63.3 Å². The molecular formula is C24H29N3O4S. The molecule has 7 nitrogen and oxygen atoms in total. The quantitative estimate of drug-likeness (QED) is 0.695. The zero-order chi connectivity index (χ0) is 22.5. The van der Waals surface area contributed by atoms with Gasteiger partial charge in [0.25, 0.3) is 5.91 Å². The van der Waals surface area contributed by atoms with Gasteiger partial charge in [0.05, 0.1) is 19.1 Å². The molecule has 3 heterocycles. The number of rotatable bonds is 5. The van der Waals surface area contributed by atoms with Crippen LogP contribution in [-0.4, -0.2) is 78.3 Å². The Morgan fingerprint density at radius 3 is 2.53 bits per heavy atom. The van der Waals surface area contributed by atoms with E-state index in [0.717, 1.165) is 11.3 Å². The van der Waals surface area contributed by atoms with Crippen LogP contribution in [0.4, 0.5) is 0 Å². The van der Waals surface area contributed by atoms with E-state index in [1.54, 1.807) is 40.4 Å². The first kappa shape index (κ1) is 22.3. The molecule has 2 aliphatic rings. The fraction of sp³-hybridized carbons (Fsp3) is 0.458. The fourth-order valence-corrected chi connectivity index (χ4v) is 5.22. The molecule has 4 rings (SSSR count). The van der Waals surface area contributed by atoms with Crippen molar-refractivity contribution in [1.29, 1.82) is 0 Å². The maximum Gasteiger partial charge on any atom is 0.257 e. The SMILES string of the molecule is COc1ccccc1C(=O)N1CCCN(C(=O)C2CCCN2C(=O)Cc2cccs2)CC1. The standard InChI is InChI=1S/C24H29N3O4S/c1-31-21-10-3-2-8-19(21)23(29)25-11-6-12-26(15-14-25)24(30)20-9-4-13-27(20)22(28)17-18-7-5-16-32-18/h2-3,5,7-8,10,16,20H,4,6,9,11-15,17H2,1H3. The Morgan fingerprint density at radius 1 is 0.969 bits per heavy atom. The van der Waals surface area contributed by atoms with Crippen molar-refractivity contribution in [3.05, 3.63) is 52.2 Å². The molecule has 0 N–H and O–H groups in total. The predicted octanol–water partition coefficient (Wildman–Crippen LogP) is 2.66. The van der Waals surface area contributed by atoms with Crippen LogP contribution in [0.3, 0.4) is 0 Å². The molecule has 8 heteroatoms. The van der Waals surface area contributed by atoms with Gasteiger partial charge in [-0.1, -0.05) is 18.2 Å². The van der Waals surface area contributed by atoms with Gasteiger partial charge in [-0.3, -0.25) is 14.4 Å². The maximum atomic E-state index is 13.3. The number of ether oxygens (including phenoxy) is 1. The number of thiophene rings is 1. The zero-order valence-corrected chi connectivity index (χ0v) is 19.2. The van der Waals surface area contributed by atoms with Crippen molar-refractivity contribution < 1.29 is 19.1 Å². The summed E-state index contributed by atoms with van der Waals surface area (Å²) in [6.45, 7) is 2.76. The summed E-state index contributed by atoms with van der Waals surface area (Å²) in [5, 5.41) is 1.96. The number of carbonyl (C=O) groups excluding carboxylic acids is 3. The number of hydrogen-bond donors (Lipinski definition) is 0. The second-order valence-electron chi connectivity index (χ2n) is 8.17. The minimum atomic E-state index is -0.390. The highest BCUT2D eigenvalue weighted by atomic mass is 32.1. The lowest BCUT2D eigenvalue weighted by Gasteiger charge is -2.29. The molecule has 2 aromatic rings. The molecule has 1 aromatic heterocycles. The smallest absolute Gasteiger partial charge is 0.257 e. The van der Waals surface area contributed by atoms with Gasteiger partial charge in [-0.25, -0.2) is 0 Å². The Bertz CT molecular complexity index is 962. The Labute approximate surface area is 192 Å². The van der Waals surface area contributed by atoms with Gasteiger partial charge >= 0.3 is 0 Å². The molecule has 32 heavy (non-hydrogen) atoms. The van der Waals surface area contributed by atoms with Crippen molar-refractivity contribution in [2.24, 2.45) is 0 Å². The molecule has 1 unspecified atom stereocenters. The number of hydrogen-bond acceptors (Lipinski definition) is 5. The molecule has 3 amide bonds. The first-order valence-corrected chi connectivity index (χ1v) is 12.0. The maximum absolute atomic E-state index is 13.3. The Kier molecular flexibility index (Phi) is 7.09. The zero-order valence-electron chi connectivity index (χ0n) is 18.4. The van der Waals surface area contributed by atoms with Crippen molar-refractivity contribution in [3.63, 3.8) is 0 Å². The molecule has 0 saturated carbocycles. The van der Waals surface area contributed by atoms with E-state index in [9.17, 15) is 14.4 Å². The van der Waals surface area contributed by atoms with Gasteiger partial charge in [-0.05, 0) is 42.8 Å². The molecule has 0 bridgehead atoms. The summed E-state index contributed by atoms with van der Waals surface area (Å²) < 4.78 is 5.34. The van der Waals surface area contributed by atoms with E-state index in [1.807, 2.05) is 34.5 Å². The Balaban J connectivity index is 1.38. The molecule has 2 fully saturated rings. The number of carbonyl (C=O) groups is 3. The molecule has 2 aliphatic heterocycles. The first-order valence-electron chi connectivity index (χ1n) is 11.1. The van der Waals surface area contributed by atoms with Gasteiger partial charge in [0, 0.05) is 37.6 Å². The average molecular weight is 456 g/mol. The minimum absolute atomic E-state index is 0.00798. The van der Waals surface area contributed by atoms with Crippen LogP contribution in [0, 0.1) is 0 Å². The Morgan fingerprint density at radius 2 is 1.75 bits per heavy atom. The van der Waals surface area contributed by atoms with Gasteiger partial charge in [0.15, 0.2) is 0 Å². The lowest BCUT2D eigenvalue weighted by atomic mass is 10.1. The second-order valence-corrected chi connectivity index (χ2v) is 9.20. The number of likely N-dealkylation sites (tertiary alicyclic amines) is 1. The van der Waals surface area contributed by atoms with Crippen LogP contribution >= 0.6 is 11.3 Å². The van der Waals surface area contributed by atoms with Crippen molar-refractivity contribution in [1.82, 2.24) is 14.7 Å². The van der Waals surface area contributed by atoms with Crippen LogP contribution in [-0.2, 0) is 16.0 Å². The summed E-state index contributed by atoms with van der Waals surface area (Å²) in [4.78, 5) is 45.6. The summed E-state index contributed by atoms with van der Waals surface area (Å²) >= 11 is 1.56. The summed E-state index contributed by atoms with van der Waals surface area (Å²) in [5.74, 6) is 0.505. The third-order valence-electron chi connectivity index (χ3n) is 6.20. The molecule has 0 aliphatic carbocycles. The highest BCUT2D eigenvalue weighted by molar-refractivity contribution is 7.10. The van der Waals surface area contributed by atoms with Gasteiger partial charge in [0.2, 0.25) is 11.8 Å². The van der Waals surface area contributed by atoms with Crippen LogP contribution in [0.1, 0.15) is 34.5 Å². The number of amides is 3. The van der Waals surface area contributed by atoms with E-state index in [1.165, 1.54) is 0 Å². The normalized spacial score (nSPS) is 19.0. The molecule has 170 valence electrons. The minimum Gasteiger partial charge on any atom is -0.496 e. The predicted molar refractivity (Wildman–Crippen MR) is 123 cm³/mol. The van der Waals surface area contributed by atoms with Crippen LogP contribution in [0.15, 0.2) is 41.8 Å². The van der Waals surface area contributed by atoms with Crippen molar-refractivity contribution in [2.75, 3.05) is 39.8 Å². The monoisotopic (exact) mass is 455 g/mol. The molecule has 1 atom stereocenters. The fourth-order valence-electron chi connectivity index (χ4n) is 4.53. The molecule has 0 spiro atoms. The van der Waals surface area contributed by atoms with E-state index in [4.69, 9.17) is 4.74 Å². The summed E-state index contributed by atoms with van der Waals surface area (Å²) in [5.41, 5.74) is 0.538. The third kappa shape index (κ3) is 4.80. The number of methoxy groups -OCH3 is 1. The van der Waals surface area contributed by atoms with Gasteiger partial charge in [0.1, 0.15) is 11.8 Å². The topological polar surface area (TPSA) is 70.2 Å². The summed E-state index contributed by atoms with van der Waals surface area (Å²) in [6.07, 6.45) is 2.61. The van der Waals surface area contributed by atoms with Crippen molar-refractivity contribution in [3.8, 4) is 5.75 Å². The summed E-state index contributed by atoms with van der Waals surface area (Å²) in [7, 11) is 1.56. The average Bonchev–Trinajstić information content (AvgIpc) is 3.45. The van der Waals surface area contributed by atoms with Gasteiger partial charge in [-0.2, -0.15) is 0 Å². The highest BCUT2D eigenvalue weighted by Crippen LogP contribution is 2.24. The molecule has 1 aromatic carbocycles. The lowest BCUT2D eigenvalue weighted by molar-refractivity contribution is -0.143. The van der Waals surface area contributed by atoms with Crippen LogP contribution < -0.4 is 4.74 Å². The summed E-state index contributed by atoms with van der Waals surface area (Å²) in [6, 6.07) is 10.7. The van der Waals surface area contributed by atoms with Gasteiger partial charge in [-0.15, -0.1) is 11.3 Å². The Hall–Kier alpha value is -2.87. The molecular weight excluding hydrogens is 426 g/mol. The van der Waals surface area contributed by atoms with E-state index in [2.05, 4.69) is 0 Å². The first-order chi connectivity index (χ1) is 15.6. The van der Waals surface area contributed by atoms with E-state index in [-0.39, 0.29) is 23.8 Å². The second kappa shape index (κ2) is 10.2.